The Bertz CT molecular complexity index is 684. The maximum absolute atomic E-state index is 12.6. The van der Waals surface area contributed by atoms with Gasteiger partial charge in [0.05, 0.1) is 19.1 Å². The fourth-order valence-electron chi connectivity index (χ4n) is 3.16. The summed E-state index contributed by atoms with van der Waals surface area (Å²) in [7, 11) is 0. The highest BCUT2D eigenvalue weighted by molar-refractivity contribution is 5.76. The molecule has 1 fully saturated rings. The van der Waals surface area contributed by atoms with E-state index in [1.807, 2.05) is 24.0 Å². The van der Waals surface area contributed by atoms with Gasteiger partial charge in [-0.1, -0.05) is 12.1 Å². The Hall–Kier alpha value is -2.37. The summed E-state index contributed by atoms with van der Waals surface area (Å²) in [6.45, 7) is 5.26. The van der Waals surface area contributed by atoms with Crippen LogP contribution in [0, 0.1) is 13.8 Å². The molecule has 0 radical (unpaired) electrons. The third kappa shape index (κ3) is 3.58. The average molecular weight is 328 g/mol. The van der Waals surface area contributed by atoms with E-state index in [-0.39, 0.29) is 11.9 Å². The van der Waals surface area contributed by atoms with Gasteiger partial charge in [-0.2, -0.15) is 5.10 Å². The number of amides is 1. The molecule has 1 atom stereocenters. The SMILES string of the molecule is Cc1cccc(OCCC(=O)N2CCCCC2c2ncn[nH]2)c1C. The van der Waals surface area contributed by atoms with E-state index in [1.165, 1.54) is 11.9 Å². The number of likely N-dealkylation sites (tertiary alicyclic amines) is 1. The van der Waals surface area contributed by atoms with Crippen molar-refractivity contribution in [3.63, 3.8) is 0 Å². The van der Waals surface area contributed by atoms with Gasteiger partial charge in [-0.15, -0.1) is 0 Å². The molecule has 1 saturated heterocycles. The van der Waals surface area contributed by atoms with E-state index in [2.05, 4.69) is 28.2 Å². The first kappa shape index (κ1) is 16.5. The lowest BCUT2D eigenvalue weighted by molar-refractivity contribution is -0.135. The zero-order chi connectivity index (χ0) is 16.9. The smallest absolute Gasteiger partial charge is 0.226 e. The molecule has 1 N–H and O–H groups in total. The van der Waals surface area contributed by atoms with Crippen LogP contribution in [0.4, 0.5) is 0 Å². The van der Waals surface area contributed by atoms with Crippen LogP contribution in [0.25, 0.3) is 0 Å². The molecule has 0 bridgehead atoms. The van der Waals surface area contributed by atoms with Crippen molar-refractivity contribution in [1.29, 1.82) is 0 Å². The Morgan fingerprint density at radius 3 is 3.04 bits per heavy atom. The van der Waals surface area contributed by atoms with Crippen LogP contribution in [0.3, 0.4) is 0 Å². The number of hydrogen-bond donors (Lipinski definition) is 1. The molecule has 1 aromatic heterocycles. The van der Waals surface area contributed by atoms with Crippen LogP contribution in [0.15, 0.2) is 24.5 Å². The summed E-state index contributed by atoms with van der Waals surface area (Å²) in [6.07, 6.45) is 4.94. The third-order valence-electron chi connectivity index (χ3n) is 4.70. The third-order valence-corrected chi connectivity index (χ3v) is 4.70. The quantitative estimate of drug-likeness (QED) is 0.916. The molecule has 0 aliphatic carbocycles. The van der Waals surface area contributed by atoms with Crippen molar-refractivity contribution in [3.8, 4) is 5.75 Å². The van der Waals surface area contributed by atoms with Crippen LogP contribution in [0.1, 0.15) is 48.7 Å². The minimum atomic E-state index is 0.00876. The minimum Gasteiger partial charge on any atom is -0.493 e. The van der Waals surface area contributed by atoms with Crippen molar-refractivity contribution in [3.05, 3.63) is 41.5 Å². The van der Waals surface area contributed by atoms with E-state index in [4.69, 9.17) is 4.74 Å². The summed E-state index contributed by atoms with van der Waals surface area (Å²) in [5, 5.41) is 6.81. The molecule has 2 aromatic rings. The number of ether oxygens (including phenoxy) is 1. The largest absolute Gasteiger partial charge is 0.493 e. The Labute approximate surface area is 142 Å². The summed E-state index contributed by atoms with van der Waals surface area (Å²) in [5.41, 5.74) is 2.32. The first-order chi connectivity index (χ1) is 11.7. The fourth-order valence-corrected chi connectivity index (χ4v) is 3.16. The number of nitrogens with one attached hydrogen (secondary N) is 1. The molecule has 1 amide bonds. The minimum absolute atomic E-state index is 0.00876. The van der Waals surface area contributed by atoms with E-state index in [0.29, 0.717) is 13.0 Å². The van der Waals surface area contributed by atoms with Crippen LogP contribution in [0.2, 0.25) is 0 Å². The number of aromatic nitrogens is 3. The van der Waals surface area contributed by atoms with Gasteiger partial charge < -0.3 is 9.64 Å². The maximum Gasteiger partial charge on any atom is 0.226 e. The number of carbonyl (C=O) groups excluding carboxylic acids is 1. The first-order valence-corrected chi connectivity index (χ1v) is 8.50. The predicted molar refractivity (Wildman–Crippen MR) is 90.7 cm³/mol. The molecule has 6 nitrogen and oxygen atoms in total. The number of rotatable bonds is 5. The van der Waals surface area contributed by atoms with Gasteiger partial charge in [-0.3, -0.25) is 9.89 Å². The topological polar surface area (TPSA) is 71.1 Å². The monoisotopic (exact) mass is 328 g/mol. The van der Waals surface area contributed by atoms with Crippen LogP contribution < -0.4 is 4.74 Å². The Balaban J connectivity index is 1.58. The van der Waals surface area contributed by atoms with Crippen LogP contribution in [-0.2, 0) is 4.79 Å². The number of hydrogen-bond acceptors (Lipinski definition) is 4. The summed E-state index contributed by atoms with van der Waals surface area (Å²) in [5.74, 6) is 1.74. The summed E-state index contributed by atoms with van der Waals surface area (Å²) < 4.78 is 5.82. The molecule has 1 aliphatic rings. The number of nitrogens with zero attached hydrogens (tertiary/aromatic N) is 3. The Morgan fingerprint density at radius 2 is 2.25 bits per heavy atom. The van der Waals surface area contributed by atoms with Crippen molar-refractivity contribution in [2.24, 2.45) is 0 Å². The van der Waals surface area contributed by atoms with E-state index in [0.717, 1.165) is 42.9 Å². The molecule has 1 aliphatic heterocycles. The van der Waals surface area contributed by atoms with E-state index in [1.54, 1.807) is 0 Å². The van der Waals surface area contributed by atoms with Gasteiger partial charge in [0, 0.05) is 6.54 Å². The molecule has 0 saturated carbocycles. The predicted octanol–water partition coefficient (Wildman–Crippen LogP) is 2.94. The van der Waals surface area contributed by atoms with Gasteiger partial charge in [-0.05, 0) is 50.3 Å². The summed E-state index contributed by atoms with van der Waals surface area (Å²) in [4.78, 5) is 18.8. The van der Waals surface area contributed by atoms with Crippen molar-refractivity contribution in [2.75, 3.05) is 13.2 Å². The van der Waals surface area contributed by atoms with E-state index in [9.17, 15) is 4.79 Å². The standard InChI is InChI=1S/C18H24N4O2/c1-13-6-5-8-16(14(13)2)24-11-9-17(23)22-10-4-3-7-15(22)18-19-12-20-21-18/h5-6,8,12,15H,3-4,7,9-11H2,1-2H3,(H,19,20,21). The molecule has 24 heavy (non-hydrogen) atoms. The van der Waals surface area contributed by atoms with Crippen molar-refractivity contribution >= 4 is 5.91 Å². The summed E-state index contributed by atoms with van der Waals surface area (Å²) >= 11 is 0. The van der Waals surface area contributed by atoms with Crippen molar-refractivity contribution in [2.45, 2.75) is 45.6 Å². The van der Waals surface area contributed by atoms with Gasteiger partial charge >= 0.3 is 0 Å². The second-order valence-corrected chi connectivity index (χ2v) is 6.27. The number of carbonyl (C=O) groups is 1. The molecule has 128 valence electrons. The van der Waals surface area contributed by atoms with E-state index >= 15 is 0 Å². The highest BCUT2D eigenvalue weighted by Crippen LogP contribution is 2.29. The molecule has 0 spiro atoms. The highest BCUT2D eigenvalue weighted by Gasteiger charge is 2.29. The molecule has 1 unspecified atom stereocenters. The van der Waals surface area contributed by atoms with Crippen molar-refractivity contribution < 1.29 is 9.53 Å². The van der Waals surface area contributed by atoms with Gasteiger partial charge in [0.15, 0.2) is 0 Å². The van der Waals surface area contributed by atoms with Crippen LogP contribution in [0.5, 0.6) is 5.75 Å². The van der Waals surface area contributed by atoms with E-state index < -0.39 is 0 Å². The first-order valence-electron chi connectivity index (χ1n) is 8.50. The molecule has 2 heterocycles. The Morgan fingerprint density at radius 1 is 1.38 bits per heavy atom. The van der Waals surface area contributed by atoms with Gasteiger partial charge in [-0.25, -0.2) is 4.98 Å². The second kappa shape index (κ2) is 7.47. The zero-order valence-corrected chi connectivity index (χ0v) is 14.3. The second-order valence-electron chi connectivity index (χ2n) is 6.27. The lowest BCUT2D eigenvalue weighted by atomic mass is 10.0. The normalized spacial score (nSPS) is 17.8. The van der Waals surface area contributed by atoms with Gasteiger partial charge in [0.25, 0.3) is 0 Å². The molecular formula is C18H24N4O2. The lowest BCUT2D eigenvalue weighted by Crippen LogP contribution is -2.39. The van der Waals surface area contributed by atoms with Crippen LogP contribution in [-0.4, -0.2) is 39.1 Å². The number of aryl methyl sites for hydroxylation is 1. The maximum atomic E-state index is 12.6. The zero-order valence-electron chi connectivity index (χ0n) is 14.3. The molecule has 6 heteroatoms. The number of benzene rings is 1. The average Bonchev–Trinajstić information content (AvgIpc) is 3.13. The lowest BCUT2D eigenvalue weighted by Gasteiger charge is -2.34. The highest BCUT2D eigenvalue weighted by atomic mass is 16.5. The van der Waals surface area contributed by atoms with Gasteiger partial charge in [0.1, 0.15) is 17.9 Å². The molecule has 3 rings (SSSR count). The summed E-state index contributed by atoms with van der Waals surface area (Å²) in [6, 6.07) is 5.99. The fraction of sp³-hybridized carbons (Fsp3) is 0.500. The number of aromatic amines is 1. The molecular weight excluding hydrogens is 304 g/mol. The number of piperidine rings is 1. The Kier molecular flexibility index (Phi) is 5.13. The number of H-pyrrole nitrogens is 1. The van der Waals surface area contributed by atoms with Crippen LogP contribution >= 0.6 is 0 Å². The van der Waals surface area contributed by atoms with Crippen molar-refractivity contribution in [1.82, 2.24) is 20.1 Å². The van der Waals surface area contributed by atoms with Gasteiger partial charge in [0.2, 0.25) is 5.91 Å². The molecule has 1 aromatic carbocycles.